The number of nitrogens with one attached hydrogen (secondary N) is 1. The summed E-state index contributed by atoms with van der Waals surface area (Å²) in [6.45, 7) is 6.25. The molecule has 2 saturated heterocycles. The molecule has 0 aromatic carbocycles. The number of carbonyl (C=O) groups excluding carboxylic acids is 2. The number of hydrogen-bond acceptors (Lipinski definition) is 5. The van der Waals surface area contributed by atoms with Crippen molar-refractivity contribution in [3.8, 4) is 0 Å². The van der Waals surface area contributed by atoms with E-state index in [0.717, 1.165) is 31.4 Å². The third-order valence-corrected chi connectivity index (χ3v) is 5.49. The quantitative estimate of drug-likeness (QED) is 0.842. The summed E-state index contributed by atoms with van der Waals surface area (Å²) < 4.78 is 10.8. The van der Waals surface area contributed by atoms with E-state index in [4.69, 9.17) is 14.9 Å². The van der Waals surface area contributed by atoms with Crippen LogP contribution >= 0.6 is 0 Å². The molecule has 3 heterocycles. The van der Waals surface area contributed by atoms with Crippen molar-refractivity contribution in [2.45, 2.75) is 51.6 Å². The average Bonchev–Trinajstić information content (AvgIpc) is 3.00. The van der Waals surface area contributed by atoms with Gasteiger partial charge >= 0.3 is 0 Å². The van der Waals surface area contributed by atoms with Gasteiger partial charge in [-0.1, -0.05) is 0 Å². The molecule has 1 atom stereocenters. The zero-order valence-electron chi connectivity index (χ0n) is 15.6. The van der Waals surface area contributed by atoms with Crippen LogP contribution in [0, 0.1) is 19.8 Å². The number of furan rings is 1. The maximum absolute atomic E-state index is 12.7. The van der Waals surface area contributed by atoms with Gasteiger partial charge in [0.15, 0.2) is 0 Å². The number of carbonyl (C=O) groups is 2. The Kier molecular flexibility index (Phi) is 5.98. The summed E-state index contributed by atoms with van der Waals surface area (Å²) >= 11 is 0. The lowest BCUT2D eigenvalue weighted by molar-refractivity contribution is -0.135. The Balaban J connectivity index is 1.48. The minimum atomic E-state index is -0.443. The zero-order chi connectivity index (χ0) is 18.7. The molecule has 2 aliphatic heterocycles. The predicted molar refractivity (Wildman–Crippen MR) is 96.8 cm³/mol. The summed E-state index contributed by atoms with van der Waals surface area (Å²) in [5.41, 5.74) is 6.79. The van der Waals surface area contributed by atoms with Crippen LogP contribution in [0.4, 0.5) is 0 Å². The fourth-order valence-corrected chi connectivity index (χ4v) is 3.85. The van der Waals surface area contributed by atoms with Crippen molar-refractivity contribution in [1.82, 2.24) is 10.2 Å². The van der Waals surface area contributed by atoms with Gasteiger partial charge in [0.25, 0.3) is 5.91 Å². The number of piperidine rings is 1. The van der Waals surface area contributed by atoms with Gasteiger partial charge in [0, 0.05) is 32.3 Å². The second-order valence-electron chi connectivity index (χ2n) is 7.38. The maximum atomic E-state index is 12.7. The van der Waals surface area contributed by atoms with Gasteiger partial charge in [-0.15, -0.1) is 0 Å². The lowest BCUT2D eigenvalue weighted by Crippen LogP contribution is -2.53. The smallest absolute Gasteiger partial charge is 0.255 e. The predicted octanol–water partition coefficient (Wildman–Crippen LogP) is 1.37. The Bertz CT molecular complexity index is 643. The third-order valence-electron chi connectivity index (χ3n) is 5.49. The first-order valence-corrected chi connectivity index (χ1v) is 9.45. The number of aryl methyl sites for hydroxylation is 2. The van der Waals surface area contributed by atoms with Crippen LogP contribution in [0.3, 0.4) is 0 Å². The van der Waals surface area contributed by atoms with Gasteiger partial charge in [0.2, 0.25) is 5.91 Å². The highest BCUT2D eigenvalue weighted by molar-refractivity contribution is 5.95. The minimum absolute atomic E-state index is 0.0305. The second kappa shape index (κ2) is 8.22. The molecule has 2 fully saturated rings. The number of nitrogens with two attached hydrogens (primary N) is 1. The van der Waals surface area contributed by atoms with Crippen LogP contribution in [0.5, 0.6) is 0 Å². The first-order valence-electron chi connectivity index (χ1n) is 9.45. The fourth-order valence-electron chi connectivity index (χ4n) is 3.85. The number of ether oxygens (including phenoxy) is 1. The molecule has 3 rings (SSSR count). The van der Waals surface area contributed by atoms with Crippen molar-refractivity contribution in [2.75, 3.05) is 26.3 Å². The van der Waals surface area contributed by atoms with Gasteiger partial charge < -0.3 is 25.1 Å². The second-order valence-corrected chi connectivity index (χ2v) is 7.38. The van der Waals surface area contributed by atoms with Crippen molar-refractivity contribution < 1.29 is 18.7 Å². The summed E-state index contributed by atoms with van der Waals surface area (Å²) in [6, 6.07) is 1.39. The number of amides is 2. The number of rotatable bonds is 4. The molecule has 26 heavy (non-hydrogen) atoms. The zero-order valence-corrected chi connectivity index (χ0v) is 15.6. The molecule has 7 heteroatoms. The molecule has 144 valence electrons. The summed E-state index contributed by atoms with van der Waals surface area (Å²) in [5, 5.41) is 3.06. The molecular weight excluding hydrogens is 334 g/mol. The normalized spacial score (nSPS) is 20.8. The van der Waals surface area contributed by atoms with Crippen molar-refractivity contribution in [3.63, 3.8) is 0 Å². The lowest BCUT2D eigenvalue weighted by Gasteiger charge is -2.36. The highest BCUT2D eigenvalue weighted by atomic mass is 16.5. The molecule has 0 saturated carbocycles. The van der Waals surface area contributed by atoms with E-state index in [9.17, 15) is 9.59 Å². The van der Waals surface area contributed by atoms with Crippen molar-refractivity contribution in [2.24, 2.45) is 11.7 Å². The van der Waals surface area contributed by atoms with E-state index < -0.39 is 6.04 Å². The molecule has 1 unspecified atom stereocenters. The van der Waals surface area contributed by atoms with Crippen LogP contribution < -0.4 is 11.1 Å². The molecular formula is C19H29N3O4. The van der Waals surface area contributed by atoms with E-state index >= 15 is 0 Å². The highest BCUT2D eigenvalue weighted by Gasteiger charge is 2.32. The van der Waals surface area contributed by atoms with Gasteiger partial charge in [-0.25, -0.2) is 0 Å². The molecule has 0 aliphatic carbocycles. The standard InChI is InChI=1S/C19H29N3O4/c1-12-11-16(13(2)26-12)18(23)21-15-3-7-22(8-4-15)19(24)17(20)14-5-9-25-10-6-14/h11,14-15,17H,3-10,20H2,1-2H3,(H,21,23). The van der Waals surface area contributed by atoms with Gasteiger partial charge in [0.1, 0.15) is 11.5 Å². The van der Waals surface area contributed by atoms with Gasteiger partial charge in [0.05, 0.1) is 11.6 Å². The maximum Gasteiger partial charge on any atom is 0.255 e. The SMILES string of the molecule is Cc1cc(C(=O)NC2CCN(C(=O)C(N)C3CCOCC3)CC2)c(C)o1. The number of nitrogens with zero attached hydrogens (tertiary/aromatic N) is 1. The first kappa shape index (κ1) is 18.9. The van der Waals surface area contributed by atoms with Crippen LogP contribution in [0.2, 0.25) is 0 Å². The summed E-state index contributed by atoms with van der Waals surface area (Å²) in [4.78, 5) is 26.9. The van der Waals surface area contributed by atoms with Crippen LogP contribution in [0.25, 0.3) is 0 Å². The summed E-state index contributed by atoms with van der Waals surface area (Å²) in [7, 11) is 0. The Labute approximate surface area is 154 Å². The minimum Gasteiger partial charge on any atom is -0.466 e. The summed E-state index contributed by atoms with van der Waals surface area (Å²) in [5.74, 6) is 1.50. The van der Waals surface area contributed by atoms with Gasteiger partial charge in [-0.2, -0.15) is 0 Å². The number of hydrogen-bond donors (Lipinski definition) is 2. The van der Waals surface area contributed by atoms with Crippen LogP contribution in [-0.4, -0.2) is 55.1 Å². The van der Waals surface area contributed by atoms with E-state index in [2.05, 4.69) is 5.32 Å². The number of likely N-dealkylation sites (tertiary alicyclic amines) is 1. The van der Waals surface area contributed by atoms with Crippen molar-refractivity contribution >= 4 is 11.8 Å². The molecule has 1 aromatic rings. The molecule has 0 radical (unpaired) electrons. The van der Waals surface area contributed by atoms with Crippen LogP contribution in [-0.2, 0) is 9.53 Å². The van der Waals surface area contributed by atoms with Gasteiger partial charge in [-0.3, -0.25) is 9.59 Å². The lowest BCUT2D eigenvalue weighted by atomic mass is 9.91. The van der Waals surface area contributed by atoms with Crippen LogP contribution in [0.1, 0.15) is 47.6 Å². The molecule has 3 N–H and O–H groups in total. The molecule has 2 amide bonds. The van der Waals surface area contributed by atoms with Crippen molar-refractivity contribution in [1.29, 1.82) is 0 Å². The third kappa shape index (κ3) is 4.27. The molecule has 1 aromatic heterocycles. The van der Waals surface area contributed by atoms with E-state index in [1.165, 1.54) is 0 Å². The highest BCUT2D eigenvalue weighted by Crippen LogP contribution is 2.21. The van der Waals surface area contributed by atoms with E-state index in [1.807, 2.05) is 11.8 Å². The Morgan fingerprint density at radius 3 is 2.42 bits per heavy atom. The average molecular weight is 363 g/mol. The monoisotopic (exact) mass is 363 g/mol. The molecule has 0 spiro atoms. The topological polar surface area (TPSA) is 97.8 Å². The van der Waals surface area contributed by atoms with Gasteiger partial charge in [-0.05, 0) is 51.5 Å². The molecule has 7 nitrogen and oxygen atoms in total. The molecule has 2 aliphatic rings. The first-order chi connectivity index (χ1) is 12.5. The Hall–Kier alpha value is -1.86. The van der Waals surface area contributed by atoms with Crippen molar-refractivity contribution in [3.05, 3.63) is 23.2 Å². The Morgan fingerprint density at radius 2 is 1.85 bits per heavy atom. The van der Waals surface area contributed by atoms with E-state index in [1.54, 1.807) is 13.0 Å². The van der Waals surface area contributed by atoms with Crippen LogP contribution in [0.15, 0.2) is 10.5 Å². The largest absolute Gasteiger partial charge is 0.466 e. The molecule has 0 bridgehead atoms. The van der Waals surface area contributed by atoms with E-state index in [-0.39, 0.29) is 23.8 Å². The fraction of sp³-hybridized carbons (Fsp3) is 0.684. The Morgan fingerprint density at radius 1 is 1.19 bits per heavy atom. The summed E-state index contributed by atoms with van der Waals surface area (Å²) in [6.07, 6.45) is 3.19. The van der Waals surface area contributed by atoms with E-state index in [0.29, 0.717) is 37.6 Å².